The van der Waals surface area contributed by atoms with Gasteiger partial charge in [0.05, 0.1) is 31.0 Å². The molecule has 6 N–H and O–H groups in total. The third-order valence-electron chi connectivity index (χ3n) is 14.2. The highest BCUT2D eigenvalue weighted by Gasteiger charge is 2.43. The molecule has 5 aliphatic rings. The van der Waals surface area contributed by atoms with Gasteiger partial charge in [0.2, 0.25) is 29.6 Å². The Morgan fingerprint density at radius 2 is 1.69 bits per heavy atom. The zero-order chi connectivity index (χ0) is 45.9. The van der Waals surface area contributed by atoms with Crippen molar-refractivity contribution in [1.82, 2.24) is 25.5 Å². The van der Waals surface area contributed by atoms with Crippen LogP contribution in [-0.2, 0) is 19.2 Å². The lowest BCUT2D eigenvalue weighted by Crippen LogP contribution is -2.57. The van der Waals surface area contributed by atoms with Gasteiger partial charge in [-0.2, -0.15) is 4.98 Å². The van der Waals surface area contributed by atoms with E-state index >= 15 is 0 Å². The van der Waals surface area contributed by atoms with Gasteiger partial charge in [0, 0.05) is 74.8 Å². The number of fused-ring (bicyclic) bond motifs is 1. The maximum Gasteiger partial charge on any atom is 0.251 e. The van der Waals surface area contributed by atoms with Gasteiger partial charge in [-0.3, -0.25) is 29.3 Å². The van der Waals surface area contributed by atoms with Crippen molar-refractivity contribution in [3.05, 3.63) is 54.2 Å². The number of rotatable bonds is 14. The normalized spacial score (nSPS) is 22.0. The summed E-state index contributed by atoms with van der Waals surface area (Å²) in [4.78, 5) is 81.7. The van der Waals surface area contributed by atoms with Crippen LogP contribution in [0.3, 0.4) is 0 Å². The average molecular weight is 895 g/mol. The molecule has 348 valence electrons. The van der Waals surface area contributed by atoms with Crippen molar-refractivity contribution in [3.8, 4) is 5.75 Å². The molecule has 0 spiro atoms. The SMILES string of the molecule is CC[C@@H]1C(=O)N(C)c2cnc(Nc3ccc(C(=O)NC4(CCO)CCN(C(=O)CC5(O)CCN(c6ccc(NC7CCC(=O)NC7=O)cc6)CC5)CC4)cc3OC)nc2N1C1CCCC1. The fourth-order valence-corrected chi connectivity index (χ4v) is 10.2. The number of hydrogen-bond acceptors (Lipinski definition) is 14. The standard InChI is InChI=1S/C47H62N10O8/c1-4-36-44(63)54(2)37-29-48-45(52-41(37)57(36)33-7-5-6-8-33)50-34-14-9-30(27-38(34)65-3)42(61)53-46(21-26-58)17-22-56(23-18-46)40(60)28-47(64)19-24-55(25-20-47)32-12-10-31(11-13-32)49-35-15-16-39(59)51-43(35)62/h9-14,27,29,33,35-36,49,58,64H,4-8,15-26,28H2,1-3H3,(H,53,61)(H,48,50,52)(H,51,59,62)/t35?,36-/m1/s1. The van der Waals surface area contributed by atoms with Crippen LogP contribution in [0.1, 0.15) is 101 Å². The second-order valence-electron chi connectivity index (χ2n) is 18.3. The Morgan fingerprint density at radius 1 is 0.969 bits per heavy atom. The quantitative estimate of drug-likeness (QED) is 0.127. The Labute approximate surface area is 379 Å². The van der Waals surface area contributed by atoms with Gasteiger partial charge in [-0.05, 0) is 100 Å². The van der Waals surface area contributed by atoms with E-state index in [9.17, 15) is 34.2 Å². The lowest BCUT2D eigenvalue weighted by Gasteiger charge is -2.44. The number of aliphatic hydroxyl groups excluding tert-OH is 1. The Balaban J connectivity index is 0.848. The van der Waals surface area contributed by atoms with Gasteiger partial charge in [-0.15, -0.1) is 0 Å². The number of imide groups is 1. The number of anilines is 6. The van der Waals surface area contributed by atoms with Crippen LogP contribution in [0.2, 0.25) is 0 Å². The highest BCUT2D eigenvalue weighted by Crippen LogP contribution is 2.41. The molecule has 1 unspecified atom stereocenters. The van der Waals surface area contributed by atoms with Gasteiger partial charge in [0.1, 0.15) is 23.5 Å². The van der Waals surface area contributed by atoms with Gasteiger partial charge >= 0.3 is 0 Å². The number of amides is 5. The fraction of sp³-hybridized carbons (Fsp3) is 0.553. The molecule has 2 atom stereocenters. The van der Waals surface area contributed by atoms with Crippen LogP contribution in [0, 0.1) is 0 Å². The molecular weight excluding hydrogens is 833 g/mol. The van der Waals surface area contributed by atoms with Crippen LogP contribution in [0.25, 0.3) is 0 Å². The summed E-state index contributed by atoms with van der Waals surface area (Å²) in [5.41, 5.74) is 1.45. The fourth-order valence-electron chi connectivity index (χ4n) is 10.2. The molecule has 8 rings (SSSR count). The third kappa shape index (κ3) is 9.83. The van der Waals surface area contributed by atoms with Gasteiger partial charge in [-0.1, -0.05) is 19.8 Å². The summed E-state index contributed by atoms with van der Waals surface area (Å²) in [7, 11) is 3.29. The zero-order valence-corrected chi connectivity index (χ0v) is 37.6. The number of ether oxygens (including phenoxy) is 1. The molecule has 1 saturated carbocycles. The predicted molar refractivity (Wildman–Crippen MR) is 245 cm³/mol. The lowest BCUT2D eigenvalue weighted by atomic mass is 9.83. The first-order valence-electron chi connectivity index (χ1n) is 23.1. The number of nitrogens with one attached hydrogen (secondary N) is 4. The summed E-state index contributed by atoms with van der Waals surface area (Å²) in [5.74, 6) is 0.456. The number of methoxy groups -OCH3 is 1. The molecule has 5 amide bonds. The molecule has 1 aromatic heterocycles. The average Bonchev–Trinajstić information content (AvgIpc) is 3.84. The Morgan fingerprint density at radius 3 is 2.35 bits per heavy atom. The maximum absolute atomic E-state index is 13.9. The van der Waals surface area contributed by atoms with Crippen LogP contribution in [0.5, 0.6) is 5.75 Å². The number of likely N-dealkylation sites (N-methyl/N-ethyl adjacent to an activating group) is 1. The van der Waals surface area contributed by atoms with E-state index in [1.165, 1.54) is 7.11 Å². The Kier molecular flexibility index (Phi) is 13.5. The second kappa shape index (κ2) is 19.2. The number of hydrogen-bond donors (Lipinski definition) is 6. The minimum atomic E-state index is -1.15. The minimum absolute atomic E-state index is 0.000440. The van der Waals surface area contributed by atoms with E-state index in [1.807, 2.05) is 31.2 Å². The molecule has 4 fully saturated rings. The van der Waals surface area contributed by atoms with Gasteiger partial charge in [-0.25, -0.2) is 4.98 Å². The first-order chi connectivity index (χ1) is 31.3. The van der Waals surface area contributed by atoms with Crippen molar-refractivity contribution in [1.29, 1.82) is 0 Å². The van der Waals surface area contributed by atoms with Gasteiger partial charge in [0.15, 0.2) is 5.82 Å². The summed E-state index contributed by atoms with van der Waals surface area (Å²) in [6.07, 6.45) is 9.37. The molecular formula is C47H62N10O8. The third-order valence-corrected chi connectivity index (χ3v) is 14.2. The number of carbonyl (C=O) groups is 5. The van der Waals surface area contributed by atoms with Crippen LogP contribution in [0.4, 0.5) is 34.5 Å². The van der Waals surface area contributed by atoms with Crippen LogP contribution in [0.15, 0.2) is 48.7 Å². The molecule has 0 bridgehead atoms. The van der Waals surface area contributed by atoms with E-state index in [-0.39, 0.29) is 54.6 Å². The number of piperidine rings is 3. The Bertz CT molecular complexity index is 2250. The van der Waals surface area contributed by atoms with Crippen LogP contribution >= 0.6 is 0 Å². The summed E-state index contributed by atoms with van der Waals surface area (Å²) in [5, 5.41) is 33.7. The van der Waals surface area contributed by atoms with E-state index in [2.05, 4.69) is 36.1 Å². The smallest absolute Gasteiger partial charge is 0.251 e. The molecule has 3 saturated heterocycles. The van der Waals surface area contributed by atoms with E-state index in [1.54, 1.807) is 41.2 Å². The van der Waals surface area contributed by atoms with E-state index in [0.29, 0.717) is 106 Å². The molecule has 18 nitrogen and oxygen atoms in total. The molecule has 18 heteroatoms. The number of likely N-dealkylation sites (tertiary alicyclic amines) is 1. The molecule has 3 aromatic rings. The minimum Gasteiger partial charge on any atom is -0.495 e. The largest absolute Gasteiger partial charge is 0.495 e. The van der Waals surface area contributed by atoms with Gasteiger partial charge in [0.25, 0.3) is 5.91 Å². The first-order valence-corrected chi connectivity index (χ1v) is 23.1. The van der Waals surface area contributed by atoms with Crippen molar-refractivity contribution >= 4 is 64.1 Å². The van der Waals surface area contributed by atoms with Crippen molar-refractivity contribution in [2.75, 3.05) is 72.3 Å². The van der Waals surface area contributed by atoms with Crippen molar-refractivity contribution < 1.29 is 38.9 Å². The number of aliphatic hydroxyl groups is 2. The summed E-state index contributed by atoms with van der Waals surface area (Å²) < 4.78 is 5.73. The van der Waals surface area contributed by atoms with E-state index < -0.39 is 17.2 Å². The van der Waals surface area contributed by atoms with E-state index in [4.69, 9.17) is 9.72 Å². The maximum atomic E-state index is 13.9. The molecule has 5 heterocycles. The number of carbonyl (C=O) groups excluding carboxylic acids is 5. The predicted octanol–water partition coefficient (Wildman–Crippen LogP) is 3.84. The molecule has 0 radical (unpaired) electrons. The number of benzene rings is 2. The molecule has 1 aliphatic carbocycles. The molecule has 65 heavy (non-hydrogen) atoms. The first kappa shape index (κ1) is 45.6. The van der Waals surface area contributed by atoms with Crippen LogP contribution < -0.4 is 40.7 Å². The lowest BCUT2D eigenvalue weighted by molar-refractivity contribution is -0.139. The van der Waals surface area contributed by atoms with Crippen molar-refractivity contribution in [2.24, 2.45) is 0 Å². The van der Waals surface area contributed by atoms with Gasteiger partial charge < -0.3 is 50.5 Å². The van der Waals surface area contributed by atoms with Crippen molar-refractivity contribution in [2.45, 2.75) is 120 Å². The molecule has 4 aliphatic heterocycles. The van der Waals surface area contributed by atoms with Crippen LogP contribution in [-0.4, -0.2) is 131 Å². The number of aromatic nitrogens is 2. The van der Waals surface area contributed by atoms with E-state index in [0.717, 1.165) is 42.9 Å². The summed E-state index contributed by atoms with van der Waals surface area (Å²) in [6, 6.07) is 12.3. The highest BCUT2D eigenvalue weighted by atomic mass is 16.5. The summed E-state index contributed by atoms with van der Waals surface area (Å²) >= 11 is 0. The Hall–Kier alpha value is -6.01. The number of nitrogens with zero attached hydrogens (tertiary/aromatic N) is 6. The topological polar surface area (TPSA) is 222 Å². The monoisotopic (exact) mass is 894 g/mol. The zero-order valence-electron chi connectivity index (χ0n) is 37.6. The summed E-state index contributed by atoms with van der Waals surface area (Å²) in [6.45, 7) is 3.76. The van der Waals surface area contributed by atoms with Crippen molar-refractivity contribution in [3.63, 3.8) is 0 Å². The highest BCUT2D eigenvalue weighted by molar-refractivity contribution is 6.04. The molecule has 2 aromatic carbocycles. The second-order valence-corrected chi connectivity index (χ2v) is 18.3.